The van der Waals surface area contributed by atoms with Crippen LogP contribution in [0.15, 0.2) is 24.5 Å². The number of nitro groups is 1. The molecule has 0 saturated heterocycles. The van der Waals surface area contributed by atoms with E-state index in [0.717, 1.165) is 11.3 Å². The molecule has 2 aromatic rings. The second kappa shape index (κ2) is 5.55. The van der Waals surface area contributed by atoms with Crippen molar-refractivity contribution in [1.29, 1.82) is 0 Å². The van der Waals surface area contributed by atoms with Gasteiger partial charge in [-0.3, -0.25) is 4.57 Å². The number of benzene rings is 1. The fraction of sp³-hybridized carbons (Fsp3) is 0.357. The molecule has 0 saturated carbocycles. The molecule has 3 rings (SSSR count). The summed E-state index contributed by atoms with van der Waals surface area (Å²) in [7, 11) is 1.75. The van der Waals surface area contributed by atoms with Crippen LogP contribution in [0.5, 0.6) is 11.5 Å². The van der Waals surface area contributed by atoms with Crippen molar-refractivity contribution < 1.29 is 14.4 Å². The molecule has 1 aliphatic heterocycles. The van der Waals surface area contributed by atoms with E-state index in [1.54, 1.807) is 11.6 Å². The van der Waals surface area contributed by atoms with Crippen molar-refractivity contribution in [3.63, 3.8) is 0 Å². The number of aromatic nitrogens is 2. The van der Waals surface area contributed by atoms with Crippen molar-refractivity contribution in [2.45, 2.75) is 13.5 Å². The van der Waals surface area contributed by atoms with Crippen molar-refractivity contribution in [2.24, 2.45) is 7.05 Å². The van der Waals surface area contributed by atoms with Gasteiger partial charge >= 0.3 is 5.82 Å². The normalized spacial score (nSPS) is 12.5. The molecule has 2 heterocycles. The topological polar surface area (TPSA) is 82.7 Å². The molecule has 8 nitrogen and oxygen atoms in total. The van der Waals surface area contributed by atoms with Gasteiger partial charge in [-0.15, -0.1) is 0 Å². The van der Waals surface area contributed by atoms with Crippen LogP contribution in [0.25, 0.3) is 0 Å². The third-order valence-corrected chi connectivity index (χ3v) is 3.55. The molecule has 0 unspecified atom stereocenters. The molecule has 0 atom stereocenters. The van der Waals surface area contributed by atoms with Crippen molar-refractivity contribution in [2.75, 3.05) is 18.2 Å². The number of hydrogen-bond donors (Lipinski definition) is 0. The summed E-state index contributed by atoms with van der Waals surface area (Å²) in [6.45, 7) is 3.31. The third-order valence-electron chi connectivity index (χ3n) is 3.55. The Morgan fingerprint density at radius 2 is 2.18 bits per heavy atom. The molecule has 0 radical (unpaired) electrons. The highest BCUT2D eigenvalue weighted by molar-refractivity contribution is 5.55. The zero-order valence-corrected chi connectivity index (χ0v) is 12.4. The van der Waals surface area contributed by atoms with Gasteiger partial charge in [-0.25, -0.2) is 0 Å². The average molecular weight is 304 g/mol. The second-order valence-electron chi connectivity index (χ2n) is 4.96. The quantitative estimate of drug-likeness (QED) is 0.621. The minimum atomic E-state index is -0.461. The maximum atomic E-state index is 11.1. The number of anilines is 1. The molecule has 0 amide bonds. The van der Waals surface area contributed by atoms with Gasteiger partial charge in [0.25, 0.3) is 0 Å². The highest BCUT2D eigenvalue weighted by Crippen LogP contribution is 2.34. The first-order valence-electron chi connectivity index (χ1n) is 6.89. The van der Waals surface area contributed by atoms with Gasteiger partial charge in [0.1, 0.15) is 0 Å². The molecule has 1 aliphatic rings. The Bertz CT molecular complexity index is 713. The Kier molecular flexibility index (Phi) is 3.58. The van der Waals surface area contributed by atoms with Crippen LogP contribution >= 0.6 is 0 Å². The van der Waals surface area contributed by atoms with Gasteiger partial charge < -0.3 is 24.5 Å². The summed E-state index contributed by atoms with van der Waals surface area (Å²) in [6, 6.07) is 5.68. The lowest BCUT2D eigenvalue weighted by molar-refractivity contribution is -0.388. The Labute approximate surface area is 127 Å². The molecule has 0 bridgehead atoms. The summed E-state index contributed by atoms with van der Waals surface area (Å²) in [5.74, 6) is 1.78. The highest BCUT2D eigenvalue weighted by atomic mass is 16.7. The van der Waals surface area contributed by atoms with Gasteiger partial charge in [-0.2, -0.15) is 0 Å². The number of ether oxygens (including phenoxy) is 2. The lowest BCUT2D eigenvalue weighted by Crippen LogP contribution is -2.25. The van der Waals surface area contributed by atoms with Crippen molar-refractivity contribution in [3.05, 3.63) is 40.2 Å². The third kappa shape index (κ3) is 2.43. The lowest BCUT2D eigenvalue weighted by Gasteiger charge is -2.22. The first-order valence-corrected chi connectivity index (χ1v) is 6.89. The van der Waals surface area contributed by atoms with E-state index in [1.165, 1.54) is 6.33 Å². The Hall–Kier alpha value is -2.77. The fourth-order valence-corrected chi connectivity index (χ4v) is 2.50. The number of aryl methyl sites for hydroxylation is 1. The Morgan fingerprint density at radius 3 is 2.91 bits per heavy atom. The van der Waals surface area contributed by atoms with Gasteiger partial charge in [0.2, 0.25) is 18.9 Å². The zero-order chi connectivity index (χ0) is 15.7. The van der Waals surface area contributed by atoms with E-state index in [9.17, 15) is 10.1 Å². The van der Waals surface area contributed by atoms with Crippen LogP contribution in [0.3, 0.4) is 0 Å². The van der Waals surface area contributed by atoms with E-state index in [4.69, 9.17) is 9.47 Å². The van der Waals surface area contributed by atoms with Crippen LogP contribution in [0.4, 0.5) is 11.6 Å². The molecule has 116 valence electrons. The van der Waals surface area contributed by atoms with Crippen molar-refractivity contribution in [3.8, 4) is 11.5 Å². The van der Waals surface area contributed by atoms with Crippen LogP contribution in [0.2, 0.25) is 0 Å². The summed E-state index contributed by atoms with van der Waals surface area (Å²) < 4.78 is 12.3. The summed E-state index contributed by atoms with van der Waals surface area (Å²) in [5.41, 5.74) is 0.988. The SMILES string of the molecule is CCN(Cc1ccc2c(c1)OCO2)c1c([N+](=O)[O-])ncn1C. The smallest absolute Gasteiger partial charge is 0.406 e. The predicted molar refractivity (Wildman–Crippen MR) is 79.2 cm³/mol. The zero-order valence-electron chi connectivity index (χ0n) is 12.4. The van der Waals surface area contributed by atoms with E-state index in [2.05, 4.69) is 4.98 Å². The highest BCUT2D eigenvalue weighted by Gasteiger charge is 2.25. The summed E-state index contributed by atoms with van der Waals surface area (Å²) in [6.07, 6.45) is 1.45. The lowest BCUT2D eigenvalue weighted by atomic mass is 10.2. The Balaban J connectivity index is 1.89. The monoisotopic (exact) mass is 304 g/mol. The Morgan fingerprint density at radius 1 is 1.41 bits per heavy atom. The van der Waals surface area contributed by atoms with Crippen molar-refractivity contribution in [1.82, 2.24) is 9.55 Å². The summed E-state index contributed by atoms with van der Waals surface area (Å²) in [4.78, 5) is 16.4. The number of nitrogens with zero attached hydrogens (tertiary/aromatic N) is 4. The van der Waals surface area contributed by atoms with Crippen LogP contribution in [-0.4, -0.2) is 27.8 Å². The van der Waals surface area contributed by atoms with Gasteiger partial charge in [0, 0.05) is 20.1 Å². The molecule has 8 heteroatoms. The van der Waals surface area contributed by atoms with Crippen molar-refractivity contribution >= 4 is 11.6 Å². The summed E-state index contributed by atoms with van der Waals surface area (Å²) in [5, 5.41) is 11.1. The van der Waals surface area contributed by atoms with Crippen LogP contribution in [-0.2, 0) is 13.6 Å². The minimum Gasteiger partial charge on any atom is -0.454 e. The number of hydrogen-bond acceptors (Lipinski definition) is 6. The van der Waals surface area contributed by atoms with Crippen LogP contribution < -0.4 is 14.4 Å². The number of imidazole rings is 1. The van der Waals surface area contributed by atoms with Gasteiger partial charge in [-0.05, 0) is 34.5 Å². The molecular formula is C14H16N4O4. The second-order valence-corrected chi connectivity index (χ2v) is 4.96. The first-order chi connectivity index (χ1) is 10.6. The molecule has 22 heavy (non-hydrogen) atoms. The number of fused-ring (bicyclic) bond motifs is 1. The minimum absolute atomic E-state index is 0.134. The molecule has 1 aromatic heterocycles. The molecule has 0 aliphatic carbocycles. The molecule has 0 spiro atoms. The number of rotatable bonds is 5. The van der Waals surface area contributed by atoms with Crippen LogP contribution in [0, 0.1) is 10.1 Å². The molecule has 0 fully saturated rings. The van der Waals surface area contributed by atoms with E-state index < -0.39 is 4.92 Å². The van der Waals surface area contributed by atoms with E-state index in [0.29, 0.717) is 24.7 Å². The standard InChI is InChI=1S/C14H16N4O4/c1-3-17(14-13(18(19)20)15-8-16(14)2)7-10-4-5-11-12(6-10)22-9-21-11/h4-6,8H,3,7,9H2,1-2H3. The van der Waals surface area contributed by atoms with Gasteiger partial charge in [-0.1, -0.05) is 6.07 Å². The molecular weight excluding hydrogens is 288 g/mol. The van der Waals surface area contributed by atoms with E-state index in [-0.39, 0.29) is 12.6 Å². The maximum Gasteiger partial charge on any atom is 0.406 e. The fourth-order valence-electron chi connectivity index (χ4n) is 2.50. The maximum absolute atomic E-state index is 11.1. The van der Waals surface area contributed by atoms with Crippen LogP contribution in [0.1, 0.15) is 12.5 Å². The molecule has 0 N–H and O–H groups in total. The summed E-state index contributed by atoms with van der Waals surface area (Å²) >= 11 is 0. The first kappa shape index (κ1) is 14.2. The van der Waals surface area contributed by atoms with Gasteiger partial charge in [0.05, 0.1) is 0 Å². The van der Waals surface area contributed by atoms with E-state index in [1.807, 2.05) is 30.0 Å². The molecule has 1 aromatic carbocycles. The van der Waals surface area contributed by atoms with Gasteiger partial charge in [0.15, 0.2) is 11.5 Å². The largest absolute Gasteiger partial charge is 0.454 e. The predicted octanol–water partition coefficient (Wildman–Crippen LogP) is 2.08. The van der Waals surface area contributed by atoms with E-state index >= 15 is 0 Å². The average Bonchev–Trinajstić information content (AvgIpc) is 3.10.